The molecule has 0 spiro atoms. The van der Waals surface area contributed by atoms with Crippen LogP contribution in [0.4, 0.5) is 16.2 Å². The smallest absolute Gasteiger partial charge is 0.323 e. The molecule has 0 saturated carbocycles. The number of rotatable bonds is 5. The number of pyridine rings is 1. The first-order valence-corrected chi connectivity index (χ1v) is 8.37. The third kappa shape index (κ3) is 3.70. The van der Waals surface area contributed by atoms with Gasteiger partial charge in [0.25, 0.3) is 0 Å². The van der Waals surface area contributed by atoms with Gasteiger partial charge in [0.1, 0.15) is 11.6 Å². The molecule has 3 heterocycles. The number of ether oxygens (including phenoxy) is 2. The lowest BCUT2D eigenvalue weighted by Gasteiger charge is -2.17. The minimum atomic E-state index is -0.523. The molecular weight excluding hydrogens is 362 g/mol. The van der Waals surface area contributed by atoms with E-state index in [1.165, 1.54) is 19.4 Å². The lowest BCUT2D eigenvalue weighted by Crippen LogP contribution is -2.22. The average Bonchev–Trinajstić information content (AvgIpc) is 3.07. The van der Waals surface area contributed by atoms with E-state index in [-0.39, 0.29) is 17.5 Å². The second-order valence-electron chi connectivity index (χ2n) is 5.96. The number of urea groups is 1. The molecule has 3 aromatic rings. The zero-order chi connectivity index (χ0) is 20.3. The molecule has 0 saturated heterocycles. The summed E-state index contributed by atoms with van der Waals surface area (Å²) in [6.07, 6.45) is 2.61. The van der Waals surface area contributed by atoms with Crippen LogP contribution < -0.4 is 15.4 Å². The Kier molecular flexibility index (Phi) is 5.37. The summed E-state index contributed by atoms with van der Waals surface area (Å²) in [7, 11) is 2.99. The second-order valence-corrected chi connectivity index (χ2v) is 5.96. The van der Waals surface area contributed by atoms with Crippen LogP contribution in [0.2, 0.25) is 0 Å². The second kappa shape index (κ2) is 7.89. The Morgan fingerprint density at radius 2 is 2.04 bits per heavy atom. The molecule has 144 valence electrons. The highest BCUT2D eigenvalue weighted by atomic mass is 16.5. The highest BCUT2D eigenvalue weighted by Gasteiger charge is 2.19. The quantitative estimate of drug-likeness (QED) is 0.695. The molecule has 2 amide bonds. The summed E-state index contributed by atoms with van der Waals surface area (Å²) in [5, 5.41) is 18.9. The summed E-state index contributed by atoms with van der Waals surface area (Å²) in [6, 6.07) is 4.75. The van der Waals surface area contributed by atoms with Crippen molar-refractivity contribution < 1.29 is 14.3 Å². The molecule has 3 rings (SSSR count). The summed E-state index contributed by atoms with van der Waals surface area (Å²) in [5.41, 5.74) is 3.11. The van der Waals surface area contributed by atoms with Crippen LogP contribution in [0, 0.1) is 18.3 Å². The van der Waals surface area contributed by atoms with Crippen molar-refractivity contribution in [2.75, 3.05) is 24.9 Å². The Balaban J connectivity index is 1.88. The van der Waals surface area contributed by atoms with Crippen molar-refractivity contribution in [2.45, 2.75) is 20.0 Å². The maximum atomic E-state index is 12.5. The Labute approximate surface area is 161 Å². The number of methoxy groups -OCH3 is 2. The summed E-state index contributed by atoms with van der Waals surface area (Å²) in [6.45, 7) is 3.71. The van der Waals surface area contributed by atoms with E-state index in [1.807, 2.05) is 26.0 Å². The lowest BCUT2D eigenvalue weighted by atomic mass is 10.2. The molecule has 28 heavy (non-hydrogen) atoms. The zero-order valence-electron chi connectivity index (χ0n) is 15.8. The first-order chi connectivity index (χ1) is 13.5. The van der Waals surface area contributed by atoms with Gasteiger partial charge in [-0.25, -0.2) is 19.3 Å². The molecule has 0 aliphatic heterocycles. The number of nitrogens with zero attached hydrogens (tertiary/aromatic N) is 5. The van der Waals surface area contributed by atoms with E-state index in [0.29, 0.717) is 22.7 Å². The highest BCUT2D eigenvalue weighted by molar-refractivity contribution is 6.00. The normalized spacial score (nSPS) is 11.7. The van der Waals surface area contributed by atoms with Crippen molar-refractivity contribution in [3.05, 3.63) is 41.5 Å². The van der Waals surface area contributed by atoms with Gasteiger partial charge in [-0.1, -0.05) is 0 Å². The fraction of sp³-hybridized carbons (Fsp3) is 0.278. The molecule has 0 aliphatic carbocycles. The molecule has 1 atom stereocenters. The van der Waals surface area contributed by atoms with Crippen molar-refractivity contribution in [2.24, 2.45) is 0 Å². The topological polar surface area (TPSA) is 126 Å². The molecule has 0 fully saturated rings. The van der Waals surface area contributed by atoms with E-state index in [0.717, 1.165) is 5.69 Å². The number of amides is 2. The predicted molar refractivity (Wildman–Crippen MR) is 101 cm³/mol. The Morgan fingerprint density at radius 3 is 2.71 bits per heavy atom. The molecule has 10 nitrogen and oxygen atoms in total. The molecule has 10 heteroatoms. The molecule has 2 N–H and O–H groups in total. The van der Waals surface area contributed by atoms with E-state index < -0.39 is 6.03 Å². The summed E-state index contributed by atoms with van der Waals surface area (Å²) in [4.78, 5) is 20.8. The van der Waals surface area contributed by atoms with E-state index in [4.69, 9.17) is 14.7 Å². The maximum absolute atomic E-state index is 12.5. The van der Waals surface area contributed by atoms with Gasteiger partial charge >= 0.3 is 6.03 Å². The van der Waals surface area contributed by atoms with Gasteiger partial charge in [-0.15, -0.1) is 0 Å². The third-order valence-corrected chi connectivity index (χ3v) is 4.05. The number of nitrogens with one attached hydrogen (secondary N) is 2. The molecule has 0 aromatic carbocycles. The minimum absolute atomic E-state index is 0.188. The number of fused-ring (bicyclic) bond motifs is 1. The number of hydrogen-bond donors (Lipinski definition) is 2. The average molecular weight is 381 g/mol. The van der Waals surface area contributed by atoms with Gasteiger partial charge in [-0.3, -0.25) is 0 Å². The van der Waals surface area contributed by atoms with Crippen LogP contribution in [-0.2, 0) is 4.74 Å². The monoisotopic (exact) mass is 381 g/mol. The van der Waals surface area contributed by atoms with Crippen molar-refractivity contribution in [3.8, 4) is 11.9 Å². The van der Waals surface area contributed by atoms with Crippen molar-refractivity contribution in [3.63, 3.8) is 0 Å². The van der Waals surface area contributed by atoms with Crippen LogP contribution >= 0.6 is 0 Å². The van der Waals surface area contributed by atoms with Gasteiger partial charge in [-0.05, 0) is 19.9 Å². The molecule has 0 aliphatic rings. The summed E-state index contributed by atoms with van der Waals surface area (Å²) < 4.78 is 12.1. The van der Waals surface area contributed by atoms with E-state index in [1.54, 1.807) is 17.8 Å². The molecule has 0 radical (unpaired) electrons. The Hall–Kier alpha value is -3.71. The lowest BCUT2D eigenvalue weighted by molar-refractivity contribution is 0.114. The fourth-order valence-electron chi connectivity index (χ4n) is 2.71. The van der Waals surface area contributed by atoms with Gasteiger partial charge in [-0.2, -0.15) is 10.4 Å². The van der Waals surface area contributed by atoms with Gasteiger partial charge in [0, 0.05) is 13.2 Å². The largest absolute Gasteiger partial charge is 0.480 e. The van der Waals surface area contributed by atoms with Gasteiger partial charge < -0.3 is 20.1 Å². The third-order valence-electron chi connectivity index (χ3n) is 4.05. The molecule has 0 bridgehead atoms. The van der Waals surface area contributed by atoms with E-state index >= 15 is 0 Å². The van der Waals surface area contributed by atoms with Crippen LogP contribution in [0.3, 0.4) is 0 Å². The number of carbonyl (C=O) groups excluding carboxylic acids is 1. The van der Waals surface area contributed by atoms with E-state index in [9.17, 15) is 4.79 Å². The van der Waals surface area contributed by atoms with Crippen LogP contribution in [0.1, 0.15) is 30.0 Å². The van der Waals surface area contributed by atoms with Gasteiger partial charge in [0.2, 0.25) is 5.88 Å². The standard InChI is InChI=1S/C18H19N7O3/c1-10-5-15-20-9-14(16(11(2)27-3)25(15)24-10)23-18(26)22-13-6-12(7-19)17(28-4)21-8-13/h5-6,8-9,11H,1-4H3,(H2,22,23,26)/t11-/m0/s1. The van der Waals surface area contributed by atoms with Gasteiger partial charge in [0.15, 0.2) is 5.65 Å². The minimum Gasteiger partial charge on any atom is -0.480 e. The summed E-state index contributed by atoms with van der Waals surface area (Å²) >= 11 is 0. The SMILES string of the molecule is COc1ncc(NC(=O)Nc2cnc3cc(C)nn3c2[C@H](C)OC)cc1C#N. The Bertz CT molecular complexity index is 1070. The maximum Gasteiger partial charge on any atom is 0.323 e. The van der Waals surface area contributed by atoms with Crippen molar-refractivity contribution >= 4 is 23.1 Å². The van der Waals surface area contributed by atoms with Crippen LogP contribution in [0.5, 0.6) is 5.88 Å². The molecular formula is C18H19N7O3. The van der Waals surface area contributed by atoms with E-state index in [2.05, 4.69) is 25.7 Å². The van der Waals surface area contributed by atoms with Crippen molar-refractivity contribution in [1.29, 1.82) is 5.26 Å². The zero-order valence-corrected chi connectivity index (χ0v) is 15.8. The van der Waals surface area contributed by atoms with Crippen LogP contribution in [0.25, 0.3) is 5.65 Å². The first kappa shape index (κ1) is 19.1. The highest BCUT2D eigenvalue weighted by Crippen LogP contribution is 2.26. The summed E-state index contributed by atoms with van der Waals surface area (Å²) in [5.74, 6) is 0.188. The molecule has 3 aromatic heterocycles. The number of carbonyl (C=O) groups is 1. The molecule has 0 unspecified atom stereocenters. The van der Waals surface area contributed by atoms with Crippen molar-refractivity contribution in [1.82, 2.24) is 19.6 Å². The number of anilines is 2. The number of hydrogen-bond acceptors (Lipinski definition) is 7. The van der Waals surface area contributed by atoms with Crippen LogP contribution in [-0.4, -0.2) is 39.8 Å². The fourth-order valence-corrected chi connectivity index (χ4v) is 2.71. The van der Waals surface area contributed by atoms with Crippen LogP contribution in [0.15, 0.2) is 24.5 Å². The number of aryl methyl sites for hydroxylation is 1. The number of nitriles is 1. The van der Waals surface area contributed by atoms with Gasteiger partial charge in [0.05, 0.1) is 48.4 Å². The predicted octanol–water partition coefficient (Wildman–Crippen LogP) is 2.66. The Morgan fingerprint density at radius 1 is 1.25 bits per heavy atom. The first-order valence-electron chi connectivity index (χ1n) is 8.37. The number of aromatic nitrogens is 4.